The van der Waals surface area contributed by atoms with Crippen LogP contribution >= 0.6 is 0 Å². The number of nitrogens with one attached hydrogen (secondary N) is 2. The van der Waals surface area contributed by atoms with Gasteiger partial charge in [-0.25, -0.2) is 22.3 Å². The number of sulfonamides is 1. The predicted molar refractivity (Wildman–Crippen MR) is 124 cm³/mol. The predicted octanol–water partition coefficient (Wildman–Crippen LogP) is 3.07. The highest BCUT2D eigenvalue weighted by Crippen LogP contribution is 2.30. The van der Waals surface area contributed by atoms with Crippen LogP contribution in [0.5, 0.6) is 0 Å². The molecule has 2 aliphatic heterocycles. The van der Waals surface area contributed by atoms with Crippen LogP contribution in [0.3, 0.4) is 0 Å². The van der Waals surface area contributed by atoms with Gasteiger partial charge in [0.15, 0.2) is 5.82 Å². The van der Waals surface area contributed by atoms with Gasteiger partial charge >= 0.3 is 6.03 Å². The van der Waals surface area contributed by atoms with E-state index < -0.39 is 21.1 Å². The van der Waals surface area contributed by atoms with Gasteiger partial charge in [0.1, 0.15) is 0 Å². The Hall–Kier alpha value is -1.91. The Morgan fingerprint density at radius 1 is 1.16 bits per heavy atom. The Morgan fingerprint density at radius 2 is 1.75 bits per heavy atom. The van der Waals surface area contributed by atoms with E-state index in [-0.39, 0.29) is 30.0 Å². The molecule has 1 aromatic carbocycles. The molecule has 0 aromatic heterocycles. The summed E-state index contributed by atoms with van der Waals surface area (Å²) in [6.07, 6.45) is 1.17. The largest absolute Gasteiger partial charge is 0.372 e. The number of morpholine rings is 1. The maximum atomic E-state index is 15.1. The van der Waals surface area contributed by atoms with Gasteiger partial charge in [-0.05, 0) is 59.6 Å². The zero-order valence-corrected chi connectivity index (χ0v) is 20.3. The van der Waals surface area contributed by atoms with Gasteiger partial charge in [0, 0.05) is 43.5 Å². The van der Waals surface area contributed by atoms with Crippen molar-refractivity contribution in [1.82, 2.24) is 9.62 Å². The minimum Gasteiger partial charge on any atom is -0.372 e. The number of nitrogens with zero attached hydrogens (tertiary/aromatic N) is 2. The van der Waals surface area contributed by atoms with E-state index in [2.05, 4.69) is 14.9 Å². The zero-order chi connectivity index (χ0) is 23.6. The lowest BCUT2D eigenvalue weighted by Crippen LogP contribution is -2.48. The van der Waals surface area contributed by atoms with Crippen LogP contribution in [-0.4, -0.2) is 69.0 Å². The van der Waals surface area contributed by atoms with Crippen LogP contribution in [0.2, 0.25) is 0 Å². The fraction of sp³-hybridized carbons (Fsp3) is 0.682. The van der Waals surface area contributed by atoms with E-state index in [9.17, 15) is 13.2 Å². The van der Waals surface area contributed by atoms with Gasteiger partial charge in [-0.3, -0.25) is 0 Å². The summed E-state index contributed by atoms with van der Waals surface area (Å²) in [5, 5.41) is 2.18. The number of carbonyl (C=O) groups excluding carboxylic acids is 1. The lowest BCUT2D eigenvalue weighted by molar-refractivity contribution is -0.00526. The van der Waals surface area contributed by atoms with Gasteiger partial charge < -0.3 is 19.9 Å². The van der Waals surface area contributed by atoms with Crippen molar-refractivity contribution >= 4 is 27.4 Å². The van der Waals surface area contributed by atoms with Crippen molar-refractivity contribution in [3.63, 3.8) is 0 Å². The van der Waals surface area contributed by atoms with E-state index in [0.717, 1.165) is 5.69 Å². The fourth-order valence-electron chi connectivity index (χ4n) is 4.25. The Labute approximate surface area is 190 Å². The number of amides is 2. The maximum Gasteiger partial charge on any atom is 0.321 e. The quantitative estimate of drug-likeness (QED) is 0.690. The molecule has 0 unspecified atom stereocenters. The maximum absolute atomic E-state index is 15.1. The summed E-state index contributed by atoms with van der Waals surface area (Å²) >= 11 is 0. The van der Waals surface area contributed by atoms with Gasteiger partial charge in [-0.1, -0.05) is 0 Å². The molecular formula is C22H35FN4O4S. The first-order valence-corrected chi connectivity index (χ1v) is 12.8. The van der Waals surface area contributed by atoms with E-state index in [1.165, 1.54) is 0 Å². The summed E-state index contributed by atoms with van der Waals surface area (Å²) in [5.41, 5.74) is 1.44. The highest BCUT2D eigenvalue weighted by atomic mass is 32.2. The number of hydrogen-bond donors (Lipinski definition) is 2. The average Bonchev–Trinajstić information content (AvgIpc) is 2.71. The first kappa shape index (κ1) is 24.7. The summed E-state index contributed by atoms with van der Waals surface area (Å²) < 4.78 is 47.7. The highest BCUT2D eigenvalue weighted by Gasteiger charge is 2.28. The summed E-state index contributed by atoms with van der Waals surface area (Å²) in [6, 6.07) is 2.87. The van der Waals surface area contributed by atoms with Gasteiger partial charge in [-0.15, -0.1) is 0 Å². The molecule has 2 fully saturated rings. The third-order valence-electron chi connectivity index (χ3n) is 6.09. The van der Waals surface area contributed by atoms with Crippen LogP contribution in [0.25, 0.3) is 0 Å². The monoisotopic (exact) mass is 470 g/mol. The highest BCUT2D eigenvalue weighted by molar-refractivity contribution is 7.90. The van der Waals surface area contributed by atoms with Crippen LogP contribution in [0, 0.1) is 12.7 Å². The van der Waals surface area contributed by atoms with E-state index >= 15 is 4.39 Å². The zero-order valence-electron chi connectivity index (χ0n) is 19.5. The topological polar surface area (TPSA) is 91.0 Å². The van der Waals surface area contributed by atoms with Crippen LogP contribution in [-0.2, 0) is 14.8 Å². The summed E-state index contributed by atoms with van der Waals surface area (Å²) in [7, 11) is -3.35. The Balaban J connectivity index is 1.61. The number of benzene rings is 1. The van der Waals surface area contributed by atoms with Crippen molar-refractivity contribution < 1.29 is 22.3 Å². The molecule has 2 saturated heterocycles. The molecule has 0 spiro atoms. The minimum atomic E-state index is -3.35. The molecule has 0 radical (unpaired) electrons. The molecule has 180 valence electrons. The number of hydrogen-bond acceptors (Lipinski definition) is 5. The molecule has 2 amide bonds. The molecule has 2 atom stereocenters. The van der Waals surface area contributed by atoms with Gasteiger partial charge in [-0.2, -0.15) is 0 Å². The van der Waals surface area contributed by atoms with Gasteiger partial charge in [0.25, 0.3) is 0 Å². The number of rotatable bonds is 5. The summed E-state index contributed by atoms with van der Waals surface area (Å²) in [6.45, 7) is 11.2. The molecule has 0 saturated carbocycles. The molecular weight excluding hydrogens is 435 g/mol. The number of halogens is 1. The van der Waals surface area contributed by atoms with Crippen molar-refractivity contribution in [1.29, 1.82) is 0 Å². The number of ether oxygens (including phenoxy) is 1. The van der Waals surface area contributed by atoms with Gasteiger partial charge in [0.05, 0.1) is 23.1 Å². The first-order valence-electron chi connectivity index (χ1n) is 11.2. The molecule has 0 aliphatic carbocycles. The van der Waals surface area contributed by atoms with E-state index in [0.29, 0.717) is 44.6 Å². The number of carbonyl (C=O) groups is 1. The minimum absolute atomic E-state index is 0.0635. The van der Waals surface area contributed by atoms with Gasteiger partial charge in [0.2, 0.25) is 10.0 Å². The van der Waals surface area contributed by atoms with Crippen LogP contribution in [0.4, 0.5) is 20.6 Å². The fourth-order valence-corrected chi connectivity index (χ4v) is 5.22. The number of piperidine rings is 1. The first-order chi connectivity index (χ1) is 15.0. The number of anilines is 2. The van der Waals surface area contributed by atoms with Crippen molar-refractivity contribution in [3.05, 3.63) is 23.5 Å². The molecule has 3 rings (SSSR count). The molecule has 2 heterocycles. The molecule has 0 bridgehead atoms. The van der Waals surface area contributed by atoms with Crippen molar-refractivity contribution in [3.8, 4) is 0 Å². The standard InChI is InChI=1S/C22H35FN4O4S/c1-14(2)32(29,30)25-18-8-10-26(11-9-18)22(28)24-19-6-7-20(17(5)21(19)23)27-12-15(3)31-16(4)13-27/h6-7,14-16,18,25H,8-13H2,1-5H3,(H,24,28)/t15-,16+. The Morgan fingerprint density at radius 3 is 2.31 bits per heavy atom. The summed E-state index contributed by atoms with van der Waals surface area (Å²) in [5.74, 6) is -0.442. The number of urea groups is 1. The van der Waals surface area contributed by atoms with Crippen LogP contribution in [0.1, 0.15) is 46.1 Å². The molecule has 32 heavy (non-hydrogen) atoms. The molecule has 2 aliphatic rings. The second-order valence-electron chi connectivity index (χ2n) is 9.14. The van der Waals surface area contributed by atoms with Crippen molar-refractivity contribution in [2.45, 2.75) is 71.0 Å². The third-order valence-corrected chi connectivity index (χ3v) is 8.00. The lowest BCUT2D eigenvalue weighted by Gasteiger charge is -2.37. The van der Waals surface area contributed by atoms with Crippen molar-refractivity contribution in [2.24, 2.45) is 0 Å². The second-order valence-corrected chi connectivity index (χ2v) is 11.4. The summed E-state index contributed by atoms with van der Waals surface area (Å²) in [4.78, 5) is 16.4. The Bertz CT molecular complexity index is 922. The average molecular weight is 471 g/mol. The van der Waals surface area contributed by atoms with Crippen LogP contribution in [0.15, 0.2) is 12.1 Å². The Kier molecular flexibility index (Phi) is 7.67. The van der Waals surface area contributed by atoms with E-state index in [1.54, 1.807) is 31.7 Å². The third kappa shape index (κ3) is 5.71. The molecule has 2 N–H and O–H groups in total. The molecule has 8 nitrogen and oxygen atoms in total. The van der Waals surface area contributed by atoms with E-state index in [1.807, 2.05) is 19.9 Å². The SMILES string of the molecule is Cc1c(N2C[C@@H](C)O[C@@H](C)C2)ccc(NC(=O)N2CCC(NS(=O)(=O)C(C)C)CC2)c1F. The second kappa shape index (κ2) is 9.93. The molecule has 1 aromatic rings. The lowest BCUT2D eigenvalue weighted by atomic mass is 10.1. The normalized spacial score (nSPS) is 23.0. The van der Waals surface area contributed by atoms with E-state index in [4.69, 9.17) is 4.74 Å². The smallest absolute Gasteiger partial charge is 0.321 e. The van der Waals surface area contributed by atoms with Crippen LogP contribution < -0.4 is 14.9 Å². The molecule has 10 heteroatoms. The number of likely N-dealkylation sites (tertiary alicyclic amines) is 1. The van der Waals surface area contributed by atoms with Crippen molar-refractivity contribution in [2.75, 3.05) is 36.4 Å².